The number of amides is 1. The summed E-state index contributed by atoms with van der Waals surface area (Å²) in [6.45, 7) is 12.8. The molecule has 3 nitrogen and oxygen atoms in total. The van der Waals surface area contributed by atoms with Crippen LogP contribution in [0.15, 0.2) is 84.2 Å². The summed E-state index contributed by atoms with van der Waals surface area (Å²) in [5.74, 6) is 0.470. The molecule has 2 fully saturated rings. The van der Waals surface area contributed by atoms with E-state index in [1.54, 1.807) is 0 Å². The Kier molecular flexibility index (Phi) is 7.01. The number of benzene rings is 2. The van der Waals surface area contributed by atoms with Crippen LogP contribution >= 0.6 is 7.92 Å². The Morgan fingerprint density at radius 2 is 1.61 bits per heavy atom. The summed E-state index contributed by atoms with van der Waals surface area (Å²) in [5, 5.41) is 3.80. The fourth-order valence-corrected chi connectivity index (χ4v) is 9.83. The van der Waals surface area contributed by atoms with E-state index in [1.807, 2.05) is 0 Å². The third-order valence-corrected chi connectivity index (χ3v) is 12.1. The molecule has 3 aliphatic rings. The van der Waals surface area contributed by atoms with E-state index in [4.69, 9.17) is 4.74 Å². The van der Waals surface area contributed by atoms with Gasteiger partial charge in [-0.2, -0.15) is 0 Å². The second kappa shape index (κ2) is 9.92. The smallest absolute Gasteiger partial charge is 0.234 e. The third kappa shape index (κ3) is 3.91. The highest BCUT2D eigenvalue weighted by atomic mass is 31.1. The molecular formula is C32H40NO2P. The van der Waals surface area contributed by atoms with Crippen molar-refractivity contribution in [1.29, 1.82) is 0 Å². The Morgan fingerprint density at radius 3 is 2.17 bits per heavy atom. The minimum atomic E-state index is -0.799. The molecule has 0 spiro atoms. The first kappa shape index (κ1) is 25.4. The fraction of sp³-hybridized carbons (Fsp3) is 0.469. The van der Waals surface area contributed by atoms with Gasteiger partial charge in [0.05, 0.1) is 18.1 Å². The summed E-state index contributed by atoms with van der Waals surface area (Å²) < 4.78 is 6.47. The molecule has 5 rings (SSSR count). The number of carbonyl (C=O) groups is 1. The van der Waals surface area contributed by atoms with Crippen molar-refractivity contribution >= 4 is 24.4 Å². The van der Waals surface area contributed by atoms with Crippen molar-refractivity contribution in [2.45, 2.75) is 59.6 Å². The molecule has 2 aromatic carbocycles. The number of ether oxygens (including phenoxy) is 1. The number of fused-ring (bicyclic) bond motifs is 2. The molecule has 3 aliphatic carbocycles. The Hall–Kier alpha value is -2.22. The normalized spacial score (nSPS) is 30.1. The Morgan fingerprint density at radius 1 is 1.00 bits per heavy atom. The molecule has 0 aliphatic heterocycles. The summed E-state index contributed by atoms with van der Waals surface area (Å²) in [6.07, 6.45) is 8.86. The Balaban J connectivity index is 1.50. The predicted octanol–water partition coefficient (Wildman–Crippen LogP) is 6.27. The maximum Gasteiger partial charge on any atom is 0.234 e. The van der Waals surface area contributed by atoms with E-state index >= 15 is 0 Å². The average Bonchev–Trinajstić information content (AvgIpc) is 3.49. The third-order valence-electron chi connectivity index (χ3n) is 9.50. The molecule has 1 amide bonds. The van der Waals surface area contributed by atoms with Crippen LogP contribution in [0.1, 0.15) is 47.5 Å². The molecular weight excluding hydrogens is 461 g/mol. The van der Waals surface area contributed by atoms with Crippen molar-refractivity contribution in [2.24, 2.45) is 22.7 Å². The van der Waals surface area contributed by atoms with Crippen LogP contribution in [0.25, 0.3) is 0 Å². The largest absolute Gasteiger partial charge is 0.376 e. The number of allylic oxidation sites excluding steroid dienone is 2. The zero-order valence-electron chi connectivity index (χ0n) is 22.4. The van der Waals surface area contributed by atoms with Crippen molar-refractivity contribution in [3.05, 3.63) is 84.2 Å². The van der Waals surface area contributed by atoms with Gasteiger partial charge in [0.1, 0.15) is 0 Å². The summed E-state index contributed by atoms with van der Waals surface area (Å²) in [6, 6.07) is 21.5. The van der Waals surface area contributed by atoms with Crippen molar-refractivity contribution in [2.75, 3.05) is 13.2 Å². The highest BCUT2D eigenvalue weighted by molar-refractivity contribution is 7.76. The van der Waals surface area contributed by atoms with E-state index in [-0.39, 0.29) is 34.8 Å². The summed E-state index contributed by atoms with van der Waals surface area (Å²) in [5.41, 5.74) is 0.243. The van der Waals surface area contributed by atoms with Gasteiger partial charge in [-0.3, -0.25) is 4.79 Å². The maximum absolute atomic E-state index is 14.5. The van der Waals surface area contributed by atoms with Gasteiger partial charge in [-0.1, -0.05) is 99.7 Å². The van der Waals surface area contributed by atoms with Crippen LogP contribution in [0.4, 0.5) is 0 Å². The Labute approximate surface area is 218 Å². The highest BCUT2D eigenvalue weighted by Gasteiger charge is 2.68. The number of carbonyl (C=O) groups excluding carboxylic acids is 1. The quantitative estimate of drug-likeness (QED) is 0.399. The minimum absolute atomic E-state index is 0.0859. The first-order valence-corrected chi connectivity index (χ1v) is 14.9. The first-order valence-electron chi connectivity index (χ1n) is 13.6. The van der Waals surface area contributed by atoms with Crippen molar-refractivity contribution in [3.8, 4) is 0 Å². The van der Waals surface area contributed by atoms with E-state index < -0.39 is 7.92 Å². The number of likely N-dealkylation sites (N-methyl/N-ethyl adjacent to an activating group) is 1. The van der Waals surface area contributed by atoms with E-state index in [1.165, 1.54) is 28.8 Å². The van der Waals surface area contributed by atoms with Crippen LogP contribution in [-0.2, 0) is 9.53 Å². The van der Waals surface area contributed by atoms with Gasteiger partial charge in [0, 0.05) is 18.6 Å². The van der Waals surface area contributed by atoms with Crippen molar-refractivity contribution in [1.82, 2.24) is 4.90 Å². The van der Waals surface area contributed by atoms with Gasteiger partial charge in [-0.25, -0.2) is 0 Å². The molecule has 36 heavy (non-hydrogen) atoms. The van der Waals surface area contributed by atoms with Gasteiger partial charge in [-0.15, -0.1) is 0 Å². The lowest BCUT2D eigenvalue weighted by molar-refractivity contribution is -0.142. The van der Waals surface area contributed by atoms with Crippen LogP contribution in [0.5, 0.6) is 0 Å². The molecule has 0 heterocycles. The van der Waals surface area contributed by atoms with Crippen LogP contribution in [0.2, 0.25) is 0 Å². The molecule has 0 aromatic heterocycles. The van der Waals surface area contributed by atoms with Crippen molar-refractivity contribution < 1.29 is 9.53 Å². The van der Waals surface area contributed by atoms with E-state index in [0.29, 0.717) is 19.1 Å². The van der Waals surface area contributed by atoms with Crippen molar-refractivity contribution in [3.63, 3.8) is 0 Å². The van der Waals surface area contributed by atoms with Crippen LogP contribution in [0, 0.1) is 22.7 Å². The molecule has 190 valence electrons. The van der Waals surface area contributed by atoms with Gasteiger partial charge in [0.15, 0.2) is 0 Å². The van der Waals surface area contributed by atoms with Crippen LogP contribution in [-0.4, -0.2) is 36.1 Å². The average molecular weight is 502 g/mol. The molecule has 2 bridgehead atoms. The number of hydrogen-bond acceptors (Lipinski definition) is 2. The zero-order chi connectivity index (χ0) is 25.5. The molecule has 5 atom stereocenters. The topological polar surface area (TPSA) is 29.5 Å². The highest BCUT2D eigenvalue weighted by Crippen LogP contribution is 2.67. The lowest BCUT2D eigenvalue weighted by Crippen LogP contribution is -2.54. The second-order valence-corrected chi connectivity index (χ2v) is 13.5. The summed E-state index contributed by atoms with van der Waals surface area (Å²) in [4.78, 5) is 16.7. The van der Waals surface area contributed by atoms with Gasteiger partial charge in [0.2, 0.25) is 5.91 Å². The zero-order valence-corrected chi connectivity index (χ0v) is 23.2. The van der Waals surface area contributed by atoms with Gasteiger partial charge < -0.3 is 9.64 Å². The molecule has 0 N–H and O–H groups in total. The van der Waals surface area contributed by atoms with Crippen LogP contribution < -0.4 is 10.6 Å². The SMILES string of the molecule is CCO[C@@H]1[C@H](N(CC)C(=O)C2C=CC=C2P(c2ccccc2)c2ccccc2)[C@H]2CC[C@]1(C)C2(C)C. The van der Waals surface area contributed by atoms with Gasteiger partial charge in [-0.05, 0) is 61.9 Å². The van der Waals surface area contributed by atoms with Crippen LogP contribution in [0.3, 0.4) is 0 Å². The summed E-state index contributed by atoms with van der Waals surface area (Å²) >= 11 is 0. The molecule has 2 saturated carbocycles. The maximum atomic E-state index is 14.5. The molecule has 4 heteroatoms. The molecule has 0 radical (unpaired) electrons. The lowest BCUT2D eigenvalue weighted by Gasteiger charge is -2.43. The van der Waals surface area contributed by atoms with E-state index in [0.717, 1.165) is 0 Å². The van der Waals surface area contributed by atoms with E-state index in [2.05, 4.69) is 118 Å². The standard InChI is InChI=1S/C32H40NO2P/c1-6-33(28-26-21-22-32(5,31(26,3)4)29(28)35-7-2)30(34)25-19-14-20-27(25)36(23-15-10-8-11-16-23)24-17-12-9-13-18-24/h8-20,25-26,28-29H,6-7,21-22H2,1-5H3/t25?,26-,28-,29-,32+/m1/s1. The monoisotopic (exact) mass is 501 g/mol. The molecule has 0 saturated heterocycles. The van der Waals surface area contributed by atoms with Gasteiger partial charge in [0.25, 0.3) is 0 Å². The second-order valence-electron chi connectivity index (χ2n) is 11.2. The lowest BCUT2D eigenvalue weighted by atomic mass is 9.70. The number of hydrogen-bond donors (Lipinski definition) is 0. The van der Waals surface area contributed by atoms with Gasteiger partial charge >= 0.3 is 0 Å². The number of nitrogens with zero attached hydrogens (tertiary/aromatic N) is 1. The number of rotatable bonds is 8. The fourth-order valence-electron chi connectivity index (χ4n) is 7.28. The Bertz CT molecular complexity index is 1100. The summed E-state index contributed by atoms with van der Waals surface area (Å²) in [7, 11) is -0.799. The molecule has 1 unspecified atom stereocenters. The molecule has 2 aromatic rings. The first-order chi connectivity index (χ1) is 17.3. The predicted molar refractivity (Wildman–Crippen MR) is 151 cm³/mol. The van der Waals surface area contributed by atoms with E-state index in [9.17, 15) is 4.79 Å². The minimum Gasteiger partial charge on any atom is -0.376 e.